The largest absolute Gasteiger partial charge is 0.358 e. The number of nitrogens with one attached hydrogen (secondary N) is 1. The van der Waals surface area contributed by atoms with Gasteiger partial charge in [0, 0.05) is 22.2 Å². The summed E-state index contributed by atoms with van der Waals surface area (Å²) in [6, 6.07) is 17.3. The molecule has 2 aromatic carbocycles. The molecule has 1 aromatic heterocycles. The molecule has 0 aliphatic heterocycles. The van der Waals surface area contributed by atoms with Gasteiger partial charge in [-0.15, -0.1) is 0 Å². The van der Waals surface area contributed by atoms with E-state index in [4.69, 9.17) is 0 Å². The predicted molar refractivity (Wildman–Crippen MR) is 72.9 cm³/mol. The highest BCUT2D eigenvalue weighted by molar-refractivity contribution is 6.17. The number of para-hydroxylation sites is 1. The van der Waals surface area contributed by atoms with E-state index in [-0.39, 0.29) is 5.78 Å². The Kier molecular flexibility index (Phi) is 2.49. The fourth-order valence-corrected chi connectivity index (χ4v) is 2.30. The molecule has 88 valence electrons. The summed E-state index contributed by atoms with van der Waals surface area (Å²) in [6.07, 6.45) is 0. The van der Waals surface area contributed by atoms with Crippen molar-refractivity contribution in [2.45, 2.75) is 6.92 Å². The Morgan fingerprint density at radius 1 is 0.944 bits per heavy atom. The van der Waals surface area contributed by atoms with Gasteiger partial charge in [0.2, 0.25) is 0 Å². The second-order valence-electron chi connectivity index (χ2n) is 4.37. The van der Waals surface area contributed by atoms with Crippen molar-refractivity contribution in [3.05, 3.63) is 71.4 Å². The lowest BCUT2D eigenvalue weighted by molar-refractivity contribution is 0.104. The summed E-state index contributed by atoms with van der Waals surface area (Å²) in [5.41, 5.74) is 3.43. The van der Waals surface area contributed by atoms with Gasteiger partial charge in [0.25, 0.3) is 0 Å². The number of aryl methyl sites for hydroxylation is 1. The molecule has 2 heteroatoms. The van der Waals surface area contributed by atoms with Crippen LogP contribution in [0, 0.1) is 6.92 Å². The van der Waals surface area contributed by atoms with Gasteiger partial charge in [-0.2, -0.15) is 0 Å². The van der Waals surface area contributed by atoms with Gasteiger partial charge in [0.05, 0.1) is 5.56 Å². The van der Waals surface area contributed by atoms with E-state index in [0.717, 1.165) is 27.7 Å². The Morgan fingerprint density at radius 2 is 1.61 bits per heavy atom. The molecule has 0 radical (unpaired) electrons. The summed E-state index contributed by atoms with van der Waals surface area (Å²) in [4.78, 5) is 15.8. The number of carbonyl (C=O) groups is 1. The van der Waals surface area contributed by atoms with Gasteiger partial charge in [0.1, 0.15) is 0 Å². The number of aromatic nitrogens is 1. The molecule has 2 nitrogen and oxygen atoms in total. The Balaban J connectivity index is 2.21. The molecule has 0 saturated heterocycles. The maximum atomic E-state index is 12.5. The molecule has 0 fully saturated rings. The summed E-state index contributed by atoms with van der Waals surface area (Å²) in [5, 5.41) is 0.990. The van der Waals surface area contributed by atoms with Crippen LogP contribution in [0.25, 0.3) is 10.9 Å². The van der Waals surface area contributed by atoms with Gasteiger partial charge in [-0.05, 0) is 13.0 Å². The van der Waals surface area contributed by atoms with Crippen molar-refractivity contribution in [1.29, 1.82) is 0 Å². The Labute approximate surface area is 105 Å². The van der Waals surface area contributed by atoms with Crippen LogP contribution >= 0.6 is 0 Å². The van der Waals surface area contributed by atoms with Gasteiger partial charge >= 0.3 is 0 Å². The Bertz CT molecular complexity index is 710. The first-order valence-corrected chi connectivity index (χ1v) is 5.94. The molecule has 1 heterocycles. The van der Waals surface area contributed by atoms with E-state index in [9.17, 15) is 4.79 Å². The lowest BCUT2D eigenvalue weighted by Gasteiger charge is -2.01. The second-order valence-corrected chi connectivity index (χ2v) is 4.37. The second kappa shape index (κ2) is 4.15. The first kappa shape index (κ1) is 10.8. The van der Waals surface area contributed by atoms with E-state index < -0.39 is 0 Å². The van der Waals surface area contributed by atoms with Crippen LogP contribution in [0.3, 0.4) is 0 Å². The smallest absolute Gasteiger partial charge is 0.195 e. The van der Waals surface area contributed by atoms with Gasteiger partial charge in [0.15, 0.2) is 5.78 Å². The molecule has 3 rings (SSSR count). The molecule has 0 bridgehead atoms. The van der Waals surface area contributed by atoms with Crippen LogP contribution < -0.4 is 0 Å². The molecule has 0 aliphatic rings. The number of ketones is 1. The lowest BCUT2D eigenvalue weighted by atomic mass is 10.0. The van der Waals surface area contributed by atoms with Crippen molar-refractivity contribution in [3.8, 4) is 0 Å². The van der Waals surface area contributed by atoms with Gasteiger partial charge in [-0.1, -0.05) is 48.5 Å². The topological polar surface area (TPSA) is 32.9 Å². The molecular formula is C16H13NO. The molecule has 0 aliphatic carbocycles. The summed E-state index contributed by atoms with van der Waals surface area (Å²) in [7, 11) is 0. The van der Waals surface area contributed by atoms with Gasteiger partial charge in [-0.25, -0.2) is 0 Å². The van der Waals surface area contributed by atoms with Crippen LogP contribution in [0.1, 0.15) is 21.6 Å². The first-order chi connectivity index (χ1) is 8.77. The number of fused-ring (bicyclic) bond motifs is 1. The monoisotopic (exact) mass is 235 g/mol. The maximum absolute atomic E-state index is 12.5. The van der Waals surface area contributed by atoms with Crippen molar-refractivity contribution in [1.82, 2.24) is 4.98 Å². The van der Waals surface area contributed by atoms with Gasteiger partial charge < -0.3 is 4.98 Å². The van der Waals surface area contributed by atoms with Crippen LogP contribution in [-0.2, 0) is 0 Å². The van der Waals surface area contributed by atoms with Gasteiger partial charge in [-0.3, -0.25) is 4.79 Å². The van der Waals surface area contributed by atoms with Crippen molar-refractivity contribution in [3.63, 3.8) is 0 Å². The van der Waals surface area contributed by atoms with E-state index in [1.807, 2.05) is 61.5 Å². The fourth-order valence-electron chi connectivity index (χ4n) is 2.30. The van der Waals surface area contributed by atoms with Crippen LogP contribution in [0.2, 0.25) is 0 Å². The first-order valence-electron chi connectivity index (χ1n) is 5.94. The molecule has 3 aromatic rings. The molecule has 0 amide bonds. The van der Waals surface area contributed by atoms with E-state index in [1.54, 1.807) is 0 Å². The highest BCUT2D eigenvalue weighted by Crippen LogP contribution is 2.24. The molecule has 0 unspecified atom stereocenters. The van der Waals surface area contributed by atoms with E-state index >= 15 is 0 Å². The van der Waals surface area contributed by atoms with Crippen molar-refractivity contribution in [2.24, 2.45) is 0 Å². The zero-order valence-corrected chi connectivity index (χ0v) is 10.1. The molecule has 0 spiro atoms. The third-order valence-corrected chi connectivity index (χ3v) is 3.16. The molecule has 18 heavy (non-hydrogen) atoms. The Morgan fingerprint density at radius 3 is 2.39 bits per heavy atom. The third-order valence-electron chi connectivity index (χ3n) is 3.16. The van der Waals surface area contributed by atoms with E-state index in [1.165, 1.54) is 0 Å². The number of benzene rings is 2. The summed E-state index contributed by atoms with van der Waals surface area (Å²) in [5.74, 6) is 0.0746. The number of hydrogen-bond donors (Lipinski definition) is 1. The zero-order valence-electron chi connectivity index (χ0n) is 10.1. The molecule has 1 N–H and O–H groups in total. The SMILES string of the molecule is Cc1[nH]c2ccccc2c1C(=O)c1ccccc1. The zero-order chi connectivity index (χ0) is 12.5. The summed E-state index contributed by atoms with van der Waals surface area (Å²) >= 11 is 0. The number of H-pyrrole nitrogens is 1. The van der Waals surface area contributed by atoms with Crippen molar-refractivity contribution in [2.75, 3.05) is 0 Å². The summed E-state index contributed by atoms with van der Waals surface area (Å²) in [6.45, 7) is 1.94. The maximum Gasteiger partial charge on any atom is 0.195 e. The number of aromatic amines is 1. The standard InChI is InChI=1S/C16H13NO/c1-11-15(13-9-5-6-10-14(13)17-11)16(18)12-7-3-2-4-8-12/h2-10,17H,1H3. The lowest BCUT2D eigenvalue weighted by Crippen LogP contribution is -2.01. The minimum atomic E-state index is 0.0746. The Hall–Kier alpha value is -2.35. The van der Waals surface area contributed by atoms with Crippen LogP contribution in [-0.4, -0.2) is 10.8 Å². The average Bonchev–Trinajstić information content (AvgIpc) is 2.75. The highest BCUT2D eigenvalue weighted by Gasteiger charge is 2.16. The average molecular weight is 235 g/mol. The number of carbonyl (C=O) groups excluding carboxylic acids is 1. The quantitative estimate of drug-likeness (QED) is 0.675. The fraction of sp³-hybridized carbons (Fsp3) is 0.0625. The normalized spacial score (nSPS) is 10.7. The van der Waals surface area contributed by atoms with E-state index in [0.29, 0.717) is 0 Å². The third kappa shape index (κ3) is 1.63. The number of hydrogen-bond acceptors (Lipinski definition) is 1. The van der Waals surface area contributed by atoms with E-state index in [2.05, 4.69) is 4.98 Å². The van der Waals surface area contributed by atoms with Crippen molar-refractivity contribution >= 4 is 16.7 Å². The number of rotatable bonds is 2. The van der Waals surface area contributed by atoms with Crippen molar-refractivity contribution < 1.29 is 4.79 Å². The highest BCUT2D eigenvalue weighted by atomic mass is 16.1. The molecule has 0 atom stereocenters. The molecule has 0 saturated carbocycles. The minimum absolute atomic E-state index is 0.0746. The molecular weight excluding hydrogens is 222 g/mol. The van der Waals surface area contributed by atoms with Crippen LogP contribution in [0.4, 0.5) is 0 Å². The van der Waals surface area contributed by atoms with Crippen LogP contribution in [0.5, 0.6) is 0 Å². The summed E-state index contributed by atoms with van der Waals surface area (Å²) < 4.78 is 0. The predicted octanol–water partition coefficient (Wildman–Crippen LogP) is 3.71. The van der Waals surface area contributed by atoms with Crippen LogP contribution in [0.15, 0.2) is 54.6 Å². The minimum Gasteiger partial charge on any atom is -0.358 e.